The predicted octanol–water partition coefficient (Wildman–Crippen LogP) is 2.79. The van der Waals surface area contributed by atoms with Crippen LogP contribution in [0.15, 0.2) is 0 Å². The highest BCUT2D eigenvalue weighted by Crippen LogP contribution is 2.17. The van der Waals surface area contributed by atoms with Gasteiger partial charge in [-0.25, -0.2) is 0 Å². The maximum absolute atomic E-state index is 12.3. The average Bonchev–Trinajstić information content (AvgIpc) is 2.55. The maximum Gasteiger partial charge on any atom is 0.236 e. The van der Waals surface area contributed by atoms with Crippen molar-refractivity contribution in [3.63, 3.8) is 0 Å². The van der Waals surface area contributed by atoms with E-state index < -0.39 is 5.91 Å². The standard InChI is InChI=1S/C20H37N3O3/c1-16(13-19(25)22-15-18(21)24)14-20(26)23-17-11-9-7-5-3-2-4-6-8-10-12-17/h16-17H,2-15H2,1H3,(H2,21,24)(H,22,25)(H,23,26)/t16-/m1/s1. The Morgan fingerprint density at radius 3 is 1.81 bits per heavy atom. The summed E-state index contributed by atoms with van der Waals surface area (Å²) in [5, 5.41) is 5.64. The van der Waals surface area contributed by atoms with Gasteiger partial charge in [0.2, 0.25) is 17.7 Å². The molecule has 0 bridgehead atoms. The van der Waals surface area contributed by atoms with Crippen LogP contribution in [0.1, 0.15) is 90.4 Å². The highest BCUT2D eigenvalue weighted by Gasteiger charge is 2.17. The normalized spacial score (nSPS) is 18.8. The SMILES string of the molecule is C[C@H](CC(=O)NCC(N)=O)CC(=O)NC1CCCCCCCCCCC1. The van der Waals surface area contributed by atoms with Crippen molar-refractivity contribution < 1.29 is 14.4 Å². The smallest absolute Gasteiger partial charge is 0.236 e. The summed E-state index contributed by atoms with van der Waals surface area (Å²) in [6.07, 6.45) is 14.2. The Morgan fingerprint density at radius 1 is 0.846 bits per heavy atom. The topological polar surface area (TPSA) is 101 Å². The second-order valence-corrected chi connectivity index (χ2v) is 7.78. The fourth-order valence-electron chi connectivity index (χ4n) is 3.56. The number of carbonyl (C=O) groups excluding carboxylic acids is 3. The van der Waals surface area contributed by atoms with Gasteiger partial charge >= 0.3 is 0 Å². The molecule has 0 radical (unpaired) electrons. The van der Waals surface area contributed by atoms with Gasteiger partial charge in [-0.3, -0.25) is 14.4 Å². The van der Waals surface area contributed by atoms with Crippen molar-refractivity contribution in [2.24, 2.45) is 11.7 Å². The lowest BCUT2D eigenvalue weighted by Crippen LogP contribution is -2.37. The highest BCUT2D eigenvalue weighted by molar-refractivity contribution is 5.84. The van der Waals surface area contributed by atoms with Gasteiger partial charge in [-0.2, -0.15) is 0 Å². The molecule has 1 rings (SSSR count). The highest BCUT2D eigenvalue weighted by atomic mass is 16.2. The predicted molar refractivity (Wildman–Crippen MR) is 103 cm³/mol. The minimum atomic E-state index is -0.564. The van der Waals surface area contributed by atoms with E-state index in [1.54, 1.807) is 0 Å². The average molecular weight is 368 g/mol. The molecule has 1 fully saturated rings. The molecule has 0 saturated heterocycles. The van der Waals surface area contributed by atoms with Gasteiger partial charge < -0.3 is 16.4 Å². The molecule has 0 unspecified atom stereocenters. The molecule has 1 aliphatic rings. The maximum atomic E-state index is 12.3. The Morgan fingerprint density at radius 2 is 1.31 bits per heavy atom. The molecular formula is C20H37N3O3. The van der Waals surface area contributed by atoms with E-state index in [9.17, 15) is 14.4 Å². The summed E-state index contributed by atoms with van der Waals surface area (Å²) in [5.74, 6) is -0.840. The molecule has 3 amide bonds. The van der Waals surface area contributed by atoms with E-state index >= 15 is 0 Å². The number of primary amides is 1. The molecular weight excluding hydrogens is 330 g/mol. The first-order valence-corrected chi connectivity index (χ1v) is 10.3. The van der Waals surface area contributed by atoms with Gasteiger partial charge in [0.15, 0.2) is 0 Å². The van der Waals surface area contributed by atoms with Crippen molar-refractivity contribution in [1.82, 2.24) is 10.6 Å². The molecule has 150 valence electrons. The van der Waals surface area contributed by atoms with E-state index in [2.05, 4.69) is 10.6 Å². The molecule has 6 heteroatoms. The van der Waals surface area contributed by atoms with Gasteiger partial charge in [0.1, 0.15) is 0 Å². The van der Waals surface area contributed by atoms with Gasteiger partial charge in [-0.1, -0.05) is 64.7 Å². The van der Waals surface area contributed by atoms with Crippen LogP contribution in [0.3, 0.4) is 0 Å². The Hall–Kier alpha value is -1.59. The number of nitrogens with two attached hydrogens (primary N) is 1. The zero-order valence-corrected chi connectivity index (χ0v) is 16.4. The van der Waals surface area contributed by atoms with Crippen molar-refractivity contribution >= 4 is 17.7 Å². The van der Waals surface area contributed by atoms with Gasteiger partial charge in [-0.15, -0.1) is 0 Å². The van der Waals surface area contributed by atoms with Crippen molar-refractivity contribution in [2.75, 3.05) is 6.54 Å². The Kier molecular flexibility index (Phi) is 11.7. The summed E-state index contributed by atoms with van der Waals surface area (Å²) in [7, 11) is 0. The molecule has 1 saturated carbocycles. The Labute approximate surface area is 158 Å². The largest absolute Gasteiger partial charge is 0.368 e. The first-order chi connectivity index (χ1) is 12.5. The molecule has 0 aliphatic heterocycles. The fourth-order valence-corrected chi connectivity index (χ4v) is 3.56. The lowest BCUT2D eigenvalue weighted by atomic mass is 9.97. The minimum Gasteiger partial charge on any atom is -0.368 e. The third-order valence-electron chi connectivity index (χ3n) is 5.00. The number of hydrogen-bond donors (Lipinski definition) is 3. The van der Waals surface area contributed by atoms with Crippen molar-refractivity contribution in [2.45, 2.75) is 96.4 Å². The summed E-state index contributed by atoms with van der Waals surface area (Å²) in [6, 6.07) is 0.262. The lowest BCUT2D eigenvalue weighted by Gasteiger charge is -2.20. The van der Waals surface area contributed by atoms with Crippen LogP contribution in [-0.2, 0) is 14.4 Å². The third-order valence-corrected chi connectivity index (χ3v) is 5.00. The molecule has 6 nitrogen and oxygen atoms in total. The first kappa shape index (κ1) is 22.5. The van der Waals surface area contributed by atoms with Gasteiger partial charge in [0.25, 0.3) is 0 Å². The minimum absolute atomic E-state index is 0.0253. The van der Waals surface area contributed by atoms with Crippen LogP contribution in [-0.4, -0.2) is 30.3 Å². The number of hydrogen-bond acceptors (Lipinski definition) is 3. The Bertz CT molecular complexity index is 428. The van der Waals surface area contributed by atoms with Crippen LogP contribution in [0, 0.1) is 5.92 Å². The molecule has 0 heterocycles. The molecule has 0 aromatic heterocycles. The van der Waals surface area contributed by atoms with Crippen LogP contribution in [0.25, 0.3) is 0 Å². The van der Waals surface area contributed by atoms with Crippen LogP contribution in [0.5, 0.6) is 0 Å². The van der Waals surface area contributed by atoms with Crippen LogP contribution >= 0.6 is 0 Å². The molecule has 0 aromatic rings. The lowest BCUT2D eigenvalue weighted by molar-refractivity contribution is -0.126. The number of carbonyl (C=O) groups is 3. The van der Waals surface area contributed by atoms with E-state index in [0.717, 1.165) is 12.8 Å². The molecule has 0 spiro atoms. The Balaban J connectivity index is 2.32. The summed E-state index contributed by atoms with van der Waals surface area (Å²) >= 11 is 0. The van der Waals surface area contributed by atoms with E-state index in [0.29, 0.717) is 6.42 Å². The van der Waals surface area contributed by atoms with Crippen molar-refractivity contribution in [3.8, 4) is 0 Å². The van der Waals surface area contributed by atoms with Crippen LogP contribution in [0.2, 0.25) is 0 Å². The summed E-state index contributed by atoms with van der Waals surface area (Å²) in [6.45, 7) is 1.73. The molecule has 1 aliphatic carbocycles. The first-order valence-electron chi connectivity index (χ1n) is 10.3. The number of amides is 3. The third kappa shape index (κ3) is 11.9. The molecule has 0 aromatic carbocycles. The van der Waals surface area contributed by atoms with E-state index in [1.807, 2.05) is 6.92 Å². The zero-order valence-electron chi connectivity index (χ0n) is 16.4. The zero-order chi connectivity index (χ0) is 19.2. The summed E-state index contributed by atoms with van der Waals surface area (Å²) in [4.78, 5) is 34.7. The van der Waals surface area contributed by atoms with Crippen molar-refractivity contribution in [1.29, 1.82) is 0 Å². The van der Waals surface area contributed by atoms with Gasteiger partial charge in [0, 0.05) is 18.9 Å². The number of nitrogens with one attached hydrogen (secondary N) is 2. The quantitative estimate of drug-likeness (QED) is 0.645. The fraction of sp³-hybridized carbons (Fsp3) is 0.850. The molecule has 1 atom stereocenters. The molecule has 4 N–H and O–H groups in total. The second-order valence-electron chi connectivity index (χ2n) is 7.78. The van der Waals surface area contributed by atoms with E-state index in [-0.39, 0.29) is 36.7 Å². The van der Waals surface area contributed by atoms with Crippen molar-refractivity contribution in [3.05, 3.63) is 0 Å². The van der Waals surface area contributed by atoms with Crippen LogP contribution < -0.4 is 16.4 Å². The molecule has 26 heavy (non-hydrogen) atoms. The van der Waals surface area contributed by atoms with Gasteiger partial charge in [-0.05, 0) is 18.8 Å². The van der Waals surface area contributed by atoms with E-state index in [4.69, 9.17) is 5.73 Å². The van der Waals surface area contributed by atoms with Crippen LogP contribution in [0.4, 0.5) is 0 Å². The number of rotatable bonds is 7. The summed E-state index contributed by atoms with van der Waals surface area (Å²) in [5.41, 5.74) is 5.00. The monoisotopic (exact) mass is 367 g/mol. The van der Waals surface area contributed by atoms with Gasteiger partial charge in [0.05, 0.1) is 6.54 Å². The summed E-state index contributed by atoms with van der Waals surface area (Å²) < 4.78 is 0. The van der Waals surface area contributed by atoms with E-state index in [1.165, 1.54) is 57.8 Å². The second kappa shape index (κ2) is 13.6.